The lowest BCUT2D eigenvalue weighted by atomic mass is 9.87. The van der Waals surface area contributed by atoms with Crippen molar-refractivity contribution in [2.75, 3.05) is 23.3 Å². The molecule has 6 rings (SSSR count). The third kappa shape index (κ3) is 4.29. The summed E-state index contributed by atoms with van der Waals surface area (Å²) in [6.07, 6.45) is 10.6. The molecule has 4 aromatic rings. The molecule has 4 aromatic heterocycles. The number of pyridine rings is 3. The molecule has 1 amide bonds. The molecule has 0 bridgehead atoms. The maximum atomic E-state index is 13.2. The highest BCUT2D eigenvalue weighted by Gasteiger charge is 2.43. The van der Waals surface area contributed by atoms with Gasteiger partial charge in [-0.25, -0.2) is 4.98 Å². The van der Waals surface area contributed by atoms with Gasteiger partial charge in [0.1, 0.15) is 5.69 Å². The molecule has 4 N–H and O–H groups in total. The van der Waals surface area contributed by atoms with E-state index >= 15 is 0 Å². The van der Waals surface area contributed by atoms with E-state index in [-0.39, 0.29) is 23.6 Å². The number of aliphatic hydroxyl groups excluding tert-OH is 1. The lowest BCUT2D eigenvalue weighted by molar-refractivity contribution is 0.0594. The molecule has 1 aliphatic carbocycles. The average Bonchev–Trinajstić information content (AvgIpc) is 3.64. The fourth-order valence-corrected chi connectivity index (χ4v) is 5.07. The first-order chi connectivity index (χ1) is 17.5. The van der Waals surface area contributed by atoms with Crippen LogP contribution in [0.2, 0.25) is 0 Å². The number of aliphatic hydroxyl groups is 1. The fraction of sp³-hybridized carbons (Fsp3) is 0.346. The van der Waals surface area contributed by atoms with E-state index < -0.39 is 6.10 Å². The number of aromatic nitrogens is 5. The van der Waals surface area contributed by atoms with Crippen LogP contribution in [0.1, 0.15) is 23.3 Å². The number of aryl methyl sites for hydroxylation is 1. The number of hydrogen-bond acceptors (Lipinski definition) is 8. The van der Waals surface area contributed by atoms with Gasteiger partial charge in [-0.05, 0) is 43.0 Å². The maximum Gasteiger partial charge on any atom is 0.274 e. The highest BCUT2D eigenvalue weighted by Crippen LogP contribution is 2.42. The quantitative estimate of drug-likeness (QED) is 0.392. The molecule has 3 atom stereocenters. The van der Waals surface area contributed by atoms with Crippen LogP contribution >= 0.6 is 0 Å². The molecule has 2 aliphatic rings. The van der Waals surface area contributed by atoms with E-state index in [2.05, 4.69) is 30.3 Å². The number of nitrogens with zero attached hydrogens (tertiary/aromatic N) is 6. The highest BCUT2D eigenvalue weighted by atomic mass is 16.3. The first-order valence-electron chi connectivity index (χ1n) is 12.2. The van der Waals surface area contributed by atoms with Crippen LogP contribution in [0, 0.1) is 11.8 Å². The minimum Gasteiger partial charge on any atom is -0.391 e. The van der Waals surface area contributed by atoms with Crippen LogP contribution in [0.15, 0.2) is 55.2 Å². The van der Waals surface area contributed by atoms with Gasteiger partial charge in [-0.3, -0.25) is 19.4 Å². The Morgan fingerprint density at radius 1 is 1.11 bits per heavy atom. The summed E-state index contributed by atoms with van der Waals surface area (Å²) >= 11 is 0. The van der Waals surface area contributed by atoms with Crippen molar-refractivity contribution in [1.82, 2.24) is 24.7 Å². The Balaban J connectivity index is 1.26. The smallest absolute Gasteiger partial charge is 0.274 e. The SMILES string of the molecule is Cn1cc(-c2cnc3ccc(C(=O)Nc4cnccc4N4CC(N)C(O)C(C5CC5)C4)nc3c2)cn1. The molecule has 0 radical (unpaired) electrons. The van der Waals surface area contributed by atoms with E-state index in [1.165, 1.54) is 0 Å². The zero-order chi connectivity index (χ0) is 24.8. The average molecular weight is 485 g/mol. The van der Waals surface area contributed by atoms with E-state index in [1.54, 1.807) is 41.6 Å². The zero-order valence-corrected chi connectivity index (χ0v) is 20.0. The number of hydrogen-bond donors (Lipinski definition) is 3. The molecule has 10 heteroatoms. The zero-order valence-electron chi connectivity index (χ0n) is 20.0. The molecule has 2 fully saturated rings. The normalized spacial score (nSPS) is 22.1. The minimum atomic E-state index is -0.499. The molecule has 36 heavy (non-hydrogen) atoms. The van der Waals surface area contributed by atoms with Crippen LogP contribution in [0.4, 0.5) is 11.4 Å². The summed E-state index contributed by atoms with van der Waals surface area (Å²) in [6, 6.07) is 6.90. The Morgan fingerprint density at radius 3 is 2.75 bits per heavy atom. The minimum absolute atomic E-state index is 0.133. The molecule has 0 spiro atoms. The Hall–Kier alpha value is -3.89. The Morgan fingerprint density at radius 2 is 1.97 bits per heavy atom. The molecule has 3 unspecified atom stereocenters. The molecule has 184 valence electrons. The van der Waals surface area contributed by atoms with Crippen LogP contribution in [0.5, 0.6) is 0 Å². The van der Waals surface area contributed by atoms with E-state index in [0.717, 1.165) is 29.7 Å². The topological polar surface area (TPSA) is 135 Å². The summed E-state index contributed by atoms with van der Waals surface area (Å²) in [6.45, 7) is 1.21. The van der Waals surface area contributed by atoms with Crippen LogP contribution in [-0.4, -0.2) is 61.0 Å². The molecule has 1 saturated carbocycles. The molecule has 5 heterocycles. The predicted molar refractivity (Wildman–Crippen MR) is 136 cm³/mol. The maximum absolute atomic E-state index is 13.2. The van der Waals surface area contributed by atoms with Gasteiger partial charge < -0.3 is 21.1 Å². The lowest BCUT2D eigenvalue weighted by Gasteiger charge is -2.42. The molecular formula is C26H28N8O2. The number of fused-ring (bicyclic) bond motifs is 1. The van der Waals surface area contributed by atoms with Crippen LogP contribution < -0.4 is 16.0 Å². The van der Waals surface area contributed by atoms with Crippen molar-refractivity contribution in [3.8, 4) is 11.1 Å². The first-order valence-corrected chi connectivity index (χ1v) is 12.2. The summed E-state index contributed by atoms with van der Waals surface area (Å²) in [7, 11) is 1.86. The second-order valence-corrected chi connectivity index (χ2v) is 9.77. The van der Waals surface area contributed by atoms with Gasteiger partial charge in [0.05, 0.1) is 40.9 Å². The standard InChI is InChI=1S/C26H28N8O2/c1-33-12-17(10-30-33)16-8-22-20(29-9-16)4-5-21(31-22)26(36)32-23-11-28-7-6-24(23)34-13-18(15-2-3-15)25(35)19(27)14-34/h4-12,15,18-19,25,35H,2-3,13-14,27H2,1H3,(H,32,36). The second kappa shape index (κ2) is 8.96. The predicted octanol–water partition coefficient (Wildman–Crippen LogP) is 2.21. The number of piperidine rings is 1. The number of nitrogens with one attached hydrogen (secondary N) is 1. The molecule has 0 aromatic carbocycles. The Kier molecular flexibility index (Phi) is 5.62. The number of carbonyl (C=O) groups excluding carboxylic acids is 1. The number of rotatable bonds is 5. The van der Waals surface area contributed by atoms with Crippen molar-refractivity contribution in [1.29, 1.82) is 0 Å². The summed E-state index contributed by atoms with van der Waals surface area (Å²) in [4.78, 5) is 28.7. The van der Waals surface area contributed by atoms with E-state index in [1.807, 2.05) is 25.4 Å². The largest absolute Gasteiger partial charge is 0.391 e. The van der Waals surface area contributed by atoms with Crippen molar-refractivity contribution in [2.45, 2.75) is 25.0 Å². The van der Waals surface area contributed by atoms with Crippen molar-refractivity contribution < 1.29 is 9.90 Å². The van der Waals surface area contributed by atoms with Gasteiger partial charge in [-0.1, -0.05) is 0 Å². The van der Waals surface area contributed by atoms with Crippen LogP contribution in [0.3, 0.4) is 0 Å². The molecule has 1 saturated heterocycles. The van der Waals surface area contributed by atoms with Crippen molar-refractivity contribution >= 4 is 28.3 Å². The van der Waals surface area contributed by atoms with Crippen LogP contribution in [0.25, 0.3) is 22.2 Å². The third-order valence-electron chi connectivity index (χ3n) is 7.16. The second-order valence-electron chi connectivity index (χ2n) is 9.77. The van der Waals surface area contributed by atoms with E-state index in [9.17, 15) is 9.90 Å². The molecule has 10 nitrogen and oxygen atoms in total. The number of carbonyl (C=O) groups is 1. The van der Waals surface area contributed by atoms with Crippen LogP contribution in [-0.2, 0) is 7.05 Å². The highest BCUT2D eigenvalue weighted by molar-refractivity contribution is 6.05. The molecule has 1 aliphatic heterocycles. The lowest BCUT2D eigenvalue weighted by Crippen LogP contribution is -2.57. The Labute approximate surface area is 208 Å². The summed E-state index contributed by atoms with van der Waals surface area (Å²) < 4.78 is 1.73. The van der Waals surface area contributed by atoms with E-state index in [0.29, 0.717) is 35.7 Å². The van der Waals surface area contributed by atoms with Gasteiger partial charge in [-0.15, -0.1) is 0 Å². The van der Waals surface area contributed by atoms with E-state index in [4.69, 9.17) is 5.73 Å². The summed E-state index contributed by atoms with van der Waals surface area (Å²) in [5, 5.41) is 17.8. The first kappa shape index (κ1) is 22.6. The number of amides is 1. The van der Waals surface area contributed by atoms with Crippen molar-refractivity contribution in [3.05, 3.63) is 60.9 Å². The van der Waals surface area contributed by atoms with Gasteiger partial charge in [0.2, 0.25) is 0 Å². The van der Waals surface area contributed by atoms with Gasteiger partial charge in [0, 0.05) is 61.8 Å². The number of nitrogens with two attached hydrogens (primary N) is 1. The summed E-state index contributed by atoms with van der Waals surface area (Å²) in [5.74, 6) is 0.313. The van der Waals surface area contributed by atoms with Gasteiger partial charge in [-0.2, -0.15) is 5.10 Å². The van der Waals surface area contributed by atoms with Gasteiger partial charge in [0.25, 0.3) is 5.91 Å². The summed E-state index contributed by atoms with van der Waals surface area (Å²) in [5.41, 5.74) is 11.1. The van der Waals surface area contributed by atoms with Crippen molar-refractivity contribution in [2.24, 2.45) is 24.6 Å². The number of anilines is 2. The third-order valence-corrected chi connectivity index (χ3v) is 7.16. The van der Waals surface area contributed by atoms with Gasteiger partial charge in [0.15, 0.2) is 0 Å². The monoisotopic (exact) mass is 484 g/mol. The molecular weight excluding hydrogens is 456 g/mol. The van der Waals surface area contributed by atoms with Gasteiger partial charge >= 0.3 is 0 Å². The Bertz CT molecular complexity index is 1430. The van der Waals surface area contributed by atoms with Crippen molar-refractivity contribution in [3.63, 3.8) is 0 Å². The fourth-order valence-electron chi connectivity index (χ4n) is 5.07.